The summed E-state index contributed by atoms with van der Waals surface area (Å²) in [6.45, 7) is 1.97. The second-order valence-corrected chi connectivity index (χ2v) is 6.52. The van der Waals surface area contributed by atoms with Crippen LogP contribution in [0.15, 0.2) is 28.7 Å². The molecule has 3 nitrogen and oxygen atoms in total. The van der Waals surface area contributed by atoms with Crippen molar-refractivity contribution in [2.45, 2.75) is 24.8 Å². The second-order valence-electron chi connectivity index (χ2n) is 5.60. The summed E-state index contributed by atoms with van der Waals surface area (Å²) in [4.78, 5) is 14.4. The molecule has 1 saturated heterocycles. The Labute approximate surface area is 134 Å². The average molecular weight is 360 g/mol. The first-order chi connectivity index (χ1) is 9.16. The number of benzene rings is 1. The summed E-state index contributed by atoms with van der Waals surface area (Å²) in [5, 5.41) is 3.32. The molecule has 3 unspecified atom stereocenters. The van der Waals surface area contributed by atoms with Gasteiger partial charge in [-0.25, -0.2) is 0 Å². The summed E-state index contributed by atoms with van der Waals surface area (Å²) >= 11 is 3.49. The van der Waals surface area contributed by atoms with E-state index in [0.29, 0.717) is 17.9 Å². The van der Waals surface area contributed by atoms with Crippen LogP contribution in [0.2, 0.25) is 0 Å². The molecule has 3 atom stereocenters. The molecular weight excluding hydrogens is 340 g/mol. The van der Waals surface area contributed by atoms with Crippen LogP contribution in [-0.2, 0) is 4.79 Å². The van der Waals surface area contributed by atoms with Gasteiger partial charge in [-0.15, -0.1) is 12.4 Å². The molecule has 1 heterocycles. The lowest BCUT2D eigenvalue weighted by Crippen LogP contribution is -2.39. The Bertz CT molecular complexity index is 491. The molecule has 1 aromatic rings. The molecule has 0 radical (unpaired) electrons. The third-order valence-corrected chi connectivity index (χ3v) is 4.81. The van der Waals surface area contributed by atoms with Gasteiger partial charge in [0.2, 0.25) is 5.91 Å². The van der Waals surface area contributed by atoms with Crippen LogP contribution >= 0.6 is 28.3 Å². The first-order valence-corrected chi connectivity index (χ1v) is 7.69. The molecule has 0 bridgehead atoms. The molecule has 1 aliphatic carbocycles. The molecule has 1 amide bonds. The number of carbonyl (C=O) groups excluding carboxylic acids is 1. The van der Waals surface area contributed by atoms with E-state index in [0.717, 1.165) is 30.4 Å². The number of amides is 1. The van der Waals surface area contributed by atoms with Gasteiger partial charge >= 0.3 is 0 Å². The molecule has 0 spiro atoms. The predicted octanol–water partition coefficient (Wildman–Crippen LogP) is 2.79. The fourth-order valence-electron chi connectivity index (χ4n) is 2.99. The SMILES string of the molecule is CN(C(=O)C1CC1c1cccc(Br)c1)C1CCNC1.Cl. The standard InChI is InChI=1S/C15H19BrN2O.ClH/c1-18(12-5-6-17-9-12)15(19)14-8-13(14)10-3-2-4-11(16)7-10;/h2-4,7,12-14,17H,5-6,8-9H2,1H3;1H. The van der Waals surface area contributed by atoms with Crippen molar-refractivity contribution in [1.29, 1.82) is 0 Å². The molecule has 1 N–H and O–H groups in total. The van der Waals surface area contributed by atoms with Crippen molar-refractivity contribution in [1.82, 2.24) is 10.2 Å². The van der Waals surface area contributed by atoms with E-state index < -0.39 is 0 Å². The van der Waals surface area contributed by atoms with E-state index in [4.69, 9.17) is 0 Å². The van der Waals surface area contributed by atoms with Gasteiger partial charge in [-0.1, -0.05) is 28.1 Å². The van der Waals surface area contributed by atoms with E-state index in [-0.39, 0.29) is 18.3 Å². The smallest absolute Gasteiger partial charge is 0.226 e. The number of hydrogen-bond donors (Lipinski definition) is 1. The topological polar surface area (TPSA) is 32.3 Å². The number of halogens is 2. The zero-order valence-electron chi connectivity index (χ0n) is 11.5. The van der Waals surface area contributed by atoms with E-state index in [1.807, 2.05) is 24.1 Å². The van der Waals surface area contributed by atoms with Gasteiger partial charge in [-0.2, -0.15) is 0 Å². The highest BCUT2D eigenvalue weighted by atomic mass is 79.9. The molecule has 1 saturated carbocycles. The van der Waals surface area contributed by atoms with E-state index in [1.165, 1.54) is 5.56 Å². The second kappa shape index (κ2) is 6.46. The third-order valence-electron chi connectivity index (χ3n) is 4.31. The maximum atomic E-state index is 12.4. The summed E-state index contributed by atoms with van der Waals surface area (Å²) in [5.41, 5.74) is 1.28. The summed E-state index contributed by atoms with van der Waals surface area (Å²) in [6.07, 6.45) is 2.08. The maximum absolute atomic E-state index is 12.4. The number of hydrogen-bond acceptors (Lipinski definition) is 2. The summed E-state index contributed by atoms with van der Waals surface area (Å²) in [7, 11) is 1.95. The highest BCUT2D eigenvalue weighted by molar-refractivity contribution is 9.10. The molecule has 1 aliphatic heterocycles. The van der Waals surface area contributed by atoms with Crippen molar-refractivity contribution in [3.8, 4) is 0 Å². The number of nitrogens with zero attached hydrogens (tertiary/aromatic N) is 1. The molecule has 20 heavy (non-hydrogen) atoms. The van der Waals surface area contributed by atoms with Gasteiger partial charge in [0.15, 0.2) is 0 Å². The summed E-state index contributed by atoms with van der Waals surface area (Å²) < 4.78 is 1.09. The Balaban J connectivity index is 0.00000147. The Hall–Kier alpha value is -0.580. The summed E-state index contributed by atoms with van der Waals surface area (Å²) in [5.74, 6) is 0.931. The van der Waals surface area contributed by atoms with Crippen LogP contribution < -0.4 is 5.32 Å². The molecule has 2 aliphatic rings. The quantitative estimate of drug-likeness (QED) is 0.900. The third kappa shape index (κ3) is 3.18. The van der Waals surface area contributed by atoms with E-state index >= 15 is 0 Å². The zero-order chi connectivity index (χ0) is 13.4. The zero-order valence-corrected chi connectivity index (χ0v) is 13.9. The fourth-order valence-corrected chi connectivity index (χ4v) is 3.40. The van der Waals surface area contributed by atoms with E-state index in [2.05, 4.69) is 33.4 Å². The highest BCUT2D eigenvalue weighted by Crippen LogP contribution is 2.49. The Morgan fingerprint density at radius 3 is 2.90 bits per heavy atom. The Morgan fingerprint density at radius 1 is 1.45 bits per heavy atom. The van der Waals surface area contributed by atoms with Crippen molar-refractivity contribution in [3.63, 3.8) is 0 Å². The molecule has 3 rings (SSSR count). The fraction of sp³-hybridized carbons (Fsp3) is 0.533. The van der Waals surface area contributed by atoms with Crippen molar-refractivity contribution >= 4 is 34.2 Å². The lowest BCUT2D eigenvalue weighted by Gasteiger charge is -2.24. The van der Waals surface area contributed by atoms with Crippen molar-refractivity contribution in [3.05, 3.63) is 34.3 Å². The largest absolute Gasteiger partial charge is 0.341 e. The minimum Gasteiger partial charge on any atom is -0.341 e. The Kier molecular flexibility index (Phi) is 5.10. The maximum Gasteiger partial charge on any atom is 0.226 e. The van der Waals surface area contributed by atoms with Gasteiger partial charge < -0.3 is 10.2 Å². The average Bonchev–Trinajstić information content (AvgIpc) is 3.02. The van der Waals surface area contributed by atoms with Gasteiger partial charge in [0.05, 0.1) is 0 Å². The predicted molar refractivity (Wildman–Crippen MR) is 86.3 cm³/mol. The molecule has 0 aromatic heterocycles. The molecule has 2 fully saturated rings. The van der Waals surface area contributed by atoms with Crippen LogP contribution in [0.1, 0.15) is 24.3 Å². The van der Waals surface area contributed by atoms with Crippen LogP contribution in [0.4, 0.5) is 0 Å². The minimum atomic E-state index is 0. The van der Waals surface area contributed by atoms with Crippen LogP contribution in [0.25, 0.3) is 0 Å². The minimum absolute atomic E-state index is 0. The number of rotatable bonds is 3. The van der Waals surface area contributed by atoms with Gasteiger partial charge in [-0.05, 0) is 43.0 Å². The van der Waals surface area contributed by atoms with Crippen LogP contribution in [0, 0.1) is 5.92 Å². The van der Waals surface area contributed by atoms with Crippen LogP contribution in [-0.4, -0.2) is 37.0 Å². The number of carbonyl (C=O) groups is 1. The lowest BCUT2D eigenvalue weighted by atomic mass is 10.1. The Morgan fingerprint density at radius 2 is 2.25 bits per heavy atom. The first-order valence-electron chi connectivity index (χ1n) is 6.89. The van der Waals surface area contributed by atoms with Crippen molar-refractivity contribution < 1.29 is 4.79 Å². The molecule has 110 valence electrons. The first kappa shape index (κ1) is 15.8. The van der Waals surface area contributed by atoms with Gasteiger partial charge in [0.1, 0.15) is 0 Å². The van der Waals surface area contributed by atoms with Gasteiger partial charge in [-0.3, -0.25) is 4.79 Å². The number of likely N-dealkylation sites (N-methyl/N-ethyl adjacent to an activating group) is 1. The van der Waals surface area contributed by atoms with Crippen LogP contribution in [0.5, 0.6) is 0 Å². The van der Waals surface area contributed by atoms with E-state index in [1.54, 1.807) is 0 Å². The highest BCUT2D eigenvalue weighted by Gasteiger charge is 2.46. The van der Waals surface area contributed by atoms with Crippen molar-refractivity contribution in [2.75, 3.05) is 20.1 Å². The van der Waals surface area contributed by atoms with Gasteiger partial charge in [0.25, 0.3) is 0 Å². The monoisotopic (exact) mass is 358 g/mol. The molecular formula is C15H20BrClN2O. The summed E-state index contributed by atoms with van der Waals surface area (Å²) in [6, 6.07) is 8.72. The lowest BCUT2D eigenvalue weighted by molar-refractivity contribution is -0.133. The van der Waals surface area contributed by atoms with Crippen LogP contribution in [0.3, 0.4) is 0 Å². The van der Waals surface area contributed by atoms with E-state index in [9.17, 15) is 4.79 Å². The molecule has 1 aromatic carbocycles. The van der Waals surface area contributed by atoms with Gasteiger partial charge in [0, 0.05) is 30.0 Å². The molecule has 5 heteroatoms. The number of nitrogens with one attached hydrogen (secondary N) is 1. The normalized spacial score (nSPS) is 27.8. The van der Waals surface area contributed by atoms with Crippen molar-refractivity contribution in [2.24, 2.45) is 5.92 Å².